The number of aliphatic carboxylic acids is 1. The van der Waals surface area contributed by atoms with Crippen molar-refractivity contribution < 1.29 is 19.1 Å². The molecule has 1 rings (SSSR count). The van der Waals surface area contributed by atoms with Gasteiger partial charge in [0.2, 0.25) is 5.91 Å². The van der Waals surface area contributed by atoms with Crippen LogP contribution in [0, 0.1) is 5.92 Å². The number of amides is 1. The second kappa shape index (κ2) is 8.28. The van der Waals surface area contributed by atoms with Gasteiger partial charge in [0.05, 0.1) is 0 Å². The molecule has 0 aromatic heterocycles. The summed E-state index contributed by atoms with van der Waals surface area (Å²) < 4.78 is 6.03. The summed E-state index contributed by atoms with van der Waals surface area (Å²) in [5, 5.41) is 12.2. The first-order chi connectivity index (χ1) is 10.5. The molecule has 1 aliphatic carbocycles. The van der Waals surface area contributed by atoms with Crippen molar-refractivity contribution in [3.63, 3.8) is 0 Å². The molecule has 1 aliphatic rings. The zero-order valence-corrected chi connectivity index (χ0v) is 16.3. The summed E-state index contributed by atoms with van der Waals surface area (Å²) >= 11 is 0. The predicted molar refractivity (Wildman–Crippen MR) is 93.9 cm³/mol. The van der Waals surface area contributed by atoms with Crippen LogP contribution in [0.25, 0.3) is 0 Å². The van der Waals surface area contributed by atoms with E-state index in [0.29, 0.717) is 13.0 Å². The third-order valence-electron chi connectivity index (χ3n) is 5.27. The Kier molecular flexibility index (Phi) is 7.26. The molecule has 1 fully saturated rings. The summed E-state index contributed by atoms with van der Waals surface area (Å²) in [6.07, 6.45) is 5.36. The van der Waals surface area contributed by atoms with Gasteiger partial charge in [-0.05, 0) is 31.0 Å². The summed E-state index contributed by atoms with van der Waals surface area (Å²) in [4.78, 5) is 23.6. The summed E-state index contributed by atoms with van der Waals surface area (Å²) in [6.45, 7) is 11.1. The molecule has 0 bridgehead atoms. The molecule has 0 aromatic rings. The van der Waals surface area contributed by atoms with Crippen molar-refractivity contribution in [3.8, 4) is 0 Å². The molecule has 23 heavy (non-hydrogen) atoms. The van der Waals surface area contributed by atoms with Crippen LogP contribution in [0.2, 0.25) is 18.1 Å². The largest absolute Gasteiger partial charge is 0.480 e. The Bertz CT molecular complexity index is 411. The number of carbonyl (C=O) groups is 2. The zero-order chi connectivity index (χ0) is 17.7. The highest BCUT2D eigenvalue weighted by Gasteiger charge is 2.37. The van der Waals surface area contributed by atoms with E-state index in [2.05, 4.69) is 39.2 Å². The molecule has 1 saturated carbocycles. The Balaban J connectivity index is 2.49. The van der Waals surface area contributed by atoms with E-state index in [9.17, 15) is 14.7 Å². The van der Waals surface area contributed by atoms with E-state index in [4.69, 9.17) is 4.43 Å². The summed E-state index contributed by atoms with van der Waals surface area (Å²) in [6, 6.07) is -0.853. The fourth-order valence-electron chi connectivity index (χ4n) is 2.56. The van der Waals surface area contributed by atoms with Gasteiger partial charge in [0.15, 0.2) is 8.32 Å². The first kappa shape index (κ1) is 20.2. The lowest BCUT2D eigenvalue weighted by atomic mass is 9.88. The molecule has 0 aromatic carbocycles. The minimum Gasteiger partial charge on any atom is -0.480 e. The van der Waals surface area contributed by atoms with Gasteiger partial charge in [-0.1, -0.05) is 40.0 Å². The maximum absolute atomic E-state index is 12.2. The maximum Gasteiger partial charge on any atom is 0.326 e. The lowest BCUT2D eigenvalue weighted by molar-refractivity contribution is -0.143. The number of nitrogens with one attached hydrogen (secondary N) is 1. The Hall–Kier alpha value is -0.883. The number of carboxylic acids is 1. The second-order valence-electron chi connectivity index (χ2n) is 8.13. The maximum atomic E-state index is 12.2. The number of hydrogen-bond donors (Lipinski definition) is 2. The van der Waals surface area contributed by atoms with Crippen molar-refractivity contribution in [2.24, 2.45) is 5.92 Å². The van der Waals surface area contributed by atoms with E-state index < -0.39 is 20.3 Å². The van der Waals surface area contributed by atoms with Crippen LogP contribution < -0.4 is 5.32 Å². The number of hydrogen-bond acceptors (Lipinski definition) is 3. The highest BCUT2D eigenvalue weighted by atomic mass is 28.4. The monoisotopic (exact) mass is 343 g/mol. The van der Waals surface area contributed by atoms with Gasteiger partial charge in [0, 0.05) is 18.9 Å². The van der Waals surface area contributed by atoms with Crippen LogP contribution in [0.1, 0.15) is 59.3 Å². The molecule has 134 valence electrons. The zero-order valence-electron chi connectivity index (χ0n) is 15.3. The van der Waals surface area contributed by atoms with Crippen LogP contribution in [-0.4, -0.2) is 37.9 Å². The van der Waals surface area contributed by atoms with Gasteiger partial charge >= 0.3 is 5.97 Å². The number of carboxylic acid groups (broad SMARTS) is 1. The molecule has 1 amide bonds. The third kappa shape index (κ3) is 6.26. The van der Waals surface area contributed by atoms with E-state index in [1.807, 2.05) is 0 Å². The van der Waals surface area contributed by atoms with Gasteiger partial charge in [-0.3, -0.25) is 4.79 Å². The minimum atomic E-state index is -1.88. The van der Waals surface area contributed by atoms with Crippen LogP contribution in [0.4, 0.5) is 0 Å². The summed E-state index contributed by atoms with van der Waals surface area (Å²) in [5.74, 6) is -1.11. The second-order valence-corrected chi connectivity index (χ2v) is 12.9. The molecule has 5 nitrogen and oxygen atoms in total. The van der Waals surface area contributed by atoms with Crippen molar-refractivity contribution in [2.45, 2.75) is 83.5 Å². The average Bonchev–Trinajstić information content (AvgIpc) is 2.45. The van der Waals surface area contributed by atoms with Crippen molar-refractivity contribution >= 4 is 20.2 Å². The van der Waals surface area contributed by atoms with E-state index in [0.717, 1.165) is 25.7 Å². The lowest BCUT2D eigenvalue weighted by Crippen LogP contribution is -2.46. The van der Waals surface area contributed by atoms with Crippen LogP contribution in [0.5, 0.6) is 0 Å². The third-order valence-corrected chi connectivity index (χ3v) is 9.80. The topological polar surface area (TPSA) is 75.6 Å². The standard InChI is InChI=1S/C17H33NO4Si/c1-17(2,3)23(4,5)22-12-11-14(16(20)21)18-15(19)13-9-7-6-8-10-13/h13-14H,6-12H2,1-5H3,(H,18,19)(H,20,21)/t14-/m0/s1. The smallest absolute Gasteiger partial charge is 0.326 e. The molecule has 0 unspecified atom stereocenters. The summed E-state index contributed by atoms with van der Waals surface area (Å²) in [5.41, 5.74) is 0. The highest BCUT2D eigenvalue weighted by molar-refractivity contribution is 6.74. The number of rotatable bonds is 7. The van der Waals surface area contributed by atoms with Crippen molar-refractivity contribution in [1.82, 2.24) is 5.32 Å². The van der Waals surface area contributed by atoms with E-state index in [-0.39, 0.29) is 16.9 Å². The molecular formula is C17H33NO4Si. The number of carbonyl (C=O) groups excluding carboxylic acids is 1. The van der Waals surface area contributed by atoms with Crippen LogP contribution in [0.15, 0.2) is 0 Å². The van der Waals surface area contributed by atoms with Crippen LogP contribution in [0.3, 0.4) is 0 Å². The highest BCUT2D eigenvalue weighted by Crippen LogP contribution is 2.36. The van der Waals surface area contributed by atoms with Gasteiger partial charge in [0.25, 0.3) is 0 Å². The fourth-order valence-corrected chi connectivity index (χ4v) is 3.62. The first-order valence-electron chi connectivity index (χ1n) is 8.72. The molecule has 0 saturated heterocycles. The molecule has 0 aliphatic heterocycles. The molecule has 1 atom stereocenters. The van der Waals surface area contributed by atoms with Gasteiger partial charge in [-0.25, -0.2) is 4.79 Å². The Morgan fingerprint density at radius 3 is 2.26 bits per heavy atom. The molecule has 0 heterocycles. The van der Waals surface area contributed by atoms with Gasteiger partial charge in [0.1, 0.15) is 6.04 Å². The molecule has 2 N–H and O–H groups in total. The van der Waals surface area contributed by atoms with Gasteiger partial charge < -0.3 is 14.8 Å². The molecule has 0 radical (unpaired) electrons. The van der Waals surface area contributed by atoms with E-state index in [1.54, 1.807) is 0 Å². The Morgan fingerprint density at radius 2 is 1.78 bits per heavy atom. The normalized spacial score (nSPS) is 18.5. The van der Waals surface area contributed by atoms with Crippen LogP contribution >= 0.6 is 0 Å². The Morgan fingerprint density at radius 1 is 1.22 bits per heavy atom. The molecule has 6 heteroatoms. The summed E-state index contributed by atoms with van der Waals surface area (Å²) in [7, 11) is -1.88. The SMILES string of the molecule is CC(C)(C)[Si](C)(C)OCC[C@H](NC(=O)C1CCCCC1)C(=O)O. The lowest BCUT2D eigenvalue weighted by Gasteiger charge is -2.36. The van der Waals surface area contributed by atoms with E-state index >= 15 is 0 Å². The van der Waals surface area contributed by atoms with Crippen molar-refractivity contribution in [3.05, 3.63) is 0 Å². The van der Waals surface area contributed by atoms with E-state index in [1.165, 1.54) is 6.42 Å². The van der Waals surface area contributed by atoms with Gasteiger partial charge in [-0.2, -0.15) is 0 Å². The molecule has 0 spiro atoms. The average molecular weight is 344 g/mol. The molecular weight excluding hydrogens is 310 g/mol. The minimum absolute atomic E-state index is 0.0214. The van der Waals surface area contributed by atoms with Crippen molar-refractivity contribution in [2.75, 3.05) is 6.61 Å². The van der Waals surface area contributed by atoms with Crippen molar-refractivity contribution in [1.29, 1.82) is 0 Å². The Labute approximate surface area is 141 Å². The van der Waals surface area contributed by atoms with Crippen LogP contribution in [-0.2, 0) is 14.0 Å². The predicted octanol–water partition coefficient (Wildman–Crippen LogP) is 3.55. The fraction of sp³-hybridized carbons (Fsp3) is 0.882. The first-order valence-corrected chi connectivity index (χ1v) is 11.6. The van der Waals surface area contributed by atoms with Gasteiger partial charge in [-0.15, -0.1) is 0 Å². The quantitative estimate of drug-likeness (QED) is 0.693.